The second kappa shape index (κ2) is 7.72. The van der Waals surface area contributed by atoms with Crippen molar-refractivity contribution in [3.8, 4) is 0 Å². The minimum atomic E-state index is -3.72. The summed E-state index contributed by atoms with van der Waals surface area (Å²) < 4.78 is 27.9. The van der Waals surface area contributed by atoms with Gasteiger partial charge in [-0.2, -0.15) is 11.3 Å². The Bertz CT molecular complexity index is 788. The van der Waals surface area contributed by atoms with Crippen molar-refractivity contribution >= 4 is 44.6 Å². The molecule has 2 heterocycles. The molecule has 4 nitrogen and oxygen atoms in total. The molecule has 1 saturated heterocycles. The van der Waals surface area contributed by atoms with Gasteiger partial charge in [0, 0.05) is 17.6 Å². The lowest BCUT2D eigenvalue weighted by Crippen LogP contribution is -2.36. The summed E-state index contributed by atoms with van der Waals surface area (Å²) in [5.41, 5.74) is 1.14. The minimum absolute atomic E-state index is 0.0159. The first kappa shape index (κ1) is 18.2. The van der Waals surface area contributed by atoms with Gasteiger partial charge in [0.2, 0.25) is 10.0 Å². The van der Waals surface area contributed by atoms with Crippen molar-refractivity contribution in [2.45, 2.75) is 23.8 Å². The fourth-order valence-electron chi connectivity index (χ4n) is 2.93. The van der Waals surface area contributed by atoms with Crippen molar-refractivity contribution in [2.24, 2.45) is 0 Å². The number of hydrogen-bond donors (Lipinski definition) is 1. The summed E-state index contributed by atoms with van der Waals surface area (Å²) in [5.74, 6) is 0. The molecule has 1 aliphatic heterocycles. The predicted octanol–water partition coefficient (Wildman–Crippen LogP) is 4.17. The molecule has 1 unspecified atom stereocenters. The second-order valence-corrected chi connectivity index (χ2v) is 9.10. The summed E-state index contributed by atoms with van der Waals surface area (Å²) in [6, 6.07) is 6.53. The highest BCUT2D eigenvalue weighted by molar-refractivity contribution is 7.89. The maximum atomic E-state index is 12.6. The van der Waals surface area contributed by atoms with Crippen molar-refractivity contribution in [3.05, 3.63) is 50.6 Å². The van der Waals surface area contributed by atoms with E-state index in [0.717, 1.165) is 31.5 Å². The lowest BCUT2D eigenvalue weighted by atomic mass is 10.1. The molecule has 24 heavy (non-hydrogen) atoms. The van der Waals surface area contributed by atoms with Crippen LogP contribution in [0.2, 0.25) is 10.0 Å². The summed E-state index contributed by atoms with van der Waals surface area (Å²) in [6.07, 6.45) is 2.29. The van der Waals surface area contributed by atoms with Gasteiger partial charge >= 0.3 is 0 Å². The first-order chi connectivity index (χ1) is 11.5. The molecule has 1 aliphatic rings. The normalized spacial score (nSPS) is 17.2. The number of nitrogens with one attached hydrogen (secondary N) is 1. The third-order valence-corrected chi connectivity index (χ3v) is 7.00. The van der Waals surface area contributed by atoms with Crippen molar-refractivity contribution < 1.29 is 8.42 Å². The number of nitrogens with zero attached hydrogens (tertiary/aromatic N) is 1. The Morgan fingerprint density at radius 1 is 1.21 bits per heavy atom. The highest BCUT2D eigenvalue weighted by atomic mass is 35.5. The standard InChI is InChI=1S/C16H18Cl2N2O2S2/c17-13-3-4-14(18)16(9-13)24(21,22)19-10-15(12-5-8-23-11-12)20-6-1-2-7-20/h3-5,8-9,11,15,19H,1-2,6-7,10H2. The van der Waals surface area contributed by atoms with Crippen LogP contribution in [0, 0.1) is 0 Å². The van der Waals surface area contributed by atoms with E-state index in [1.54, 1.807) is 17.4 Å². The third kappa shape index (κ3) is 4.12. The number of sulfonamides is 1. The molecule has 0 saturated carbocycles. The van der Waals surface area contributed by atoms with E-state index in [-0.39, 0.29) is 16.0 Å². The lowest BCUT2D eigenvalue weighted by Gasteiger charge is -2.27. The number of benzene rings is 1. The quantitative estimate of drug-likeness (QED) is 0.785. The van der Waals surface area contributed by atoms with Gasteiger partial charge < -0.3 is 0 Å². The van der Waals surface area contributed by atoms with Gasteiger partial charge in [-0.05, 0) is 66.5 Å². The summed E-state index contributed by atoms with van der Waals surface area (Å²) in [5, 5.41) is 4.60. The van der Waals surface area contributed by atoms with Crippen LogP contribution in [0.3, 0.4) is 0 Å². The monoisotopic (exact) mass is 404 g/mol. The lowest BCUT2D eigenvalue weighted by molar-refractivity contribution is 0.247. The van der Waals surface area contributed by atoms with Crippen LogP contribution in [-0.2, 0) is 10.0 Å². The molecule has 0 radical (unpaired) electrons. The Labute approximate surface area is 156 Å². The Balaban J connectivity index is 1.79. The molecule has 1 fully saturated rings. The third-order valence-electron chi connectivity index (χ3n) is 4.16. The van der Waals surface area contributed by atoms with Crippen molar-refractivity contribution in [2.75, 3.05) is 19.6 Å². The molecule has 1 aromatic heterocycles. The summed E-state index contributed by atoms with van der Waals surface area (Å²) in [7, 11) is -3.72. The Kier molecular flexibility index (Phi) is 5.85. The van der Waals surface area contributed by atoms with E-state index in [1.807, 2.05) is 11.4 Å². The molecule has 0 spiro atoms. The highest BCUT2D eigenvalue weighted by Gasteiger charge is 2.26. The Morgan fingerprint density at radius 2 is 1.96 bits per heavy atom. The predicted molar refractivity (Wildman–Crippen MR) is 99.5 cm³/mol. The van der Waals surface area contributed by atoms with E-state index in [4.69, 9.17) is 23.2 Å². The average Bonchev–Trinajstić information content (AvgIpc) is 3.23. The van der Waals surface area contributed by atoms with Gasteiger partial charge in [-0.3, -0.25) is 4.90 Å². The highest BCUT2D eigenvalue weighted by Crippen LogP contribution is 2.28. The fraction of sp³-hybridized carbons (Fsp3) is 0.375. The number of hydrogen-bond acceptors (Lipinski definition) is 4. The maximum Gasteiger partial charge on any atom is 0.242 e. The molecule has 1 aromatic carbocycles. The molecule has 130 valence electrons. The first-order valence-electron chi connectivity index (χ1n) is 7.68. The van der Waals surface area contributed by atoms with Crippen molar-refractivity contribution in [1.82, 2.24) is 9.62 Å². The van der Waals surface area contributed by atoms with Gasteiger partial charge in [-0.1, -0.05) is 23.2 Å². The smallest absolute Gasteiger partial charge is 0.242 e. The van der Waals surface area contributed by atoms with Crippen molar-refractivity contribution in [1.29, 1.82) is 0 Å². The second-order valence-electron chi connectivity index (χ2n) is 5.74. The van der Waals surface area contributed by atoms with Crippen LogP contribution in [0.1, 0.15) is 24.4 Å². The number of thiophene rings is 1. The SMILES string of the molecule is O=S(=O)(NCC(c1ccsc1)N1CCCC1)c1cc(Cl)ccc1Cl. The molecule has 3 rings (SSSR count). The van der Waals surface area contributed by atoms with E-state index in [1.165, 1.54) is 12.1 Å². The van der Waals surface area contributed by atoms with Crippen LogP contribution >= 0.6 is 34.5 Å². The number of rotatable bonds is 6. The van der Waals surface area contributed by atoms with E-state index in [9.17, 15) is 8.42 Å². The largest absolute Gasteiger partial charge is 0.295 e. The van der Waals surface area contributed by atoms with Crippen LogP contribution in [-0.4, -0.2) is 33.0 Å². The van der Waals surface area contributed by atoms with E-state index < -0.39 is 10.0 Å². The maximum absolute atomic E-state index is 12.6. The Morgan fingerprint density at radius 3 is 2.62 bits per heavy atom. The average molecular weight is 405 g/mol. The molecule has 2 aromatic rings. The Hall–Kier alpha value is -0.630. The molecule has 1 atom stereocenters. The number of likely N-dealkylation sites (tertiary alicyclic amines) is 1. The molecule has 8 heteroatoms. The topological polar surface area (TPSA) is 49.4 Å². The summed E-state index contributed by atoms with van der Waals surface area (Å²) >= 11 is 13.6. The zero-order valence-electron chi connectivity index (χ0n) is 12.9. The van der Waals surface area contributed by atoms with E-state index in [0.29, 0.717) is 11.6 Å². The van der Waals surface area contributed by atoms with Crippen molar-refractivity contribution in [3.63, 3.8) is 0 Å². The zero-order chi connectivity index (χ0) is 17.2. The van der Waals surface area contributed by atoms with Gasteiger partial charge in [0.25, 0.3) is 0 Å². The molecule has 1 N–H and O–H groups in total. The van der Waals surface area contributed by atoms with Gasteiger partial charge in [0.05, 0.1) is 5.02 Å². The molecular formula is C16H18Cl2N2O2S2. The molecular weight excluding hydrogens is 387 g/mol. The zero-order valence-corrected chi connectivity index (χ0v) is 16.1. The van der Waals surface area contributed by atoms with Gasteiger partial charge in [0.1, 0.15) is 4.90 Å². The van der Waals surface area contributed by atoms with Gasteiger partial charge in [0.15, 0.2) is 0 Å². The molecule has 0 aliphatic carbocycles. The van der Waals surface area contributed by atoms with Crippen LogP contribution in [0.15, 0.2) is 39.9 Å². The van der Waals surface area contributed by atoms with E-state index in [2.05, 4.69) is 15.0 Å². The van der Waals surface area contributed by atoms with Gasteiger partial charge in [-0.25, -0.2) is 13.1 Å². The van der Waals surface area contributed by atoms with Gasteiger partial charge in [-0.15, -0.1) is 0 Å². The van der Waals surface area contributed by atoms with E-state index >= 15 is 0 Å². The summed E-state index contributed by atoms with van der Waals surface area (Å²) in [6.45, 7) is 2.28. The van der Waals surface area contributed by atoms with Crippen LogP contribution in [0.5, 0.6) is 0 Å². The summed E-state index contributed by atoms with van der Waals surface area (Å²) in [4.78, 5) is 2.34. The molecule has 0 bridgehead atoms. The first-order valence-corrected chi connectivity index (χ1v) is 10.9. The number of halogens is 2. The van der Waals surface area contributed by atoms with Crippen LogP contribution in [0.4, 0.5) is 0 Å². The van der Waals surface area contributed by atoms with Crippen LogP contribution in [0.25, 0.3) is 0 Å². The molecule has 0 amide bonds. The van der Waals surface area contributed by atoms with Crippen LogP contribution < -0.4 is 4.72 Å². The fourth-order valence-corrected chi connectivity index (χ4v) is 5.43. The minimum Gasteiger partial charge on any atom is -0.295 e.